The lowest BCUT2D eigenvalue weighted by atomic mass is 10.1. The van der Waals surface area contributed by atoms with Crippen LogP contribution in [0.3, 0.4) is 0 Å². The number of aryl methyl sites for hydroxylation is 1. The van der Waals surface area contributed by atoms with Crippen molar-refractivity contribution in [2.45, 2.75) is 19.8 Å². The minimum Gasteiger partial charge on any atom is -0.494 e. The summed E-state index contributed by atoms with van der Waals surface area (Å²) in [6.07, 6.45) is 5.91. The second-order valence-corrected chi connectivity index (χ2v) is 8.60. The highest BCUT2D eigenvalue weighted by Gasteiger charge is 2.16. The molecule has 36 heavy (non-hydrogen) atoms. The van der Waals surface area contributed by atoms with Gasteiger partial charge < -0.3 is 9.30 Å². The molecular formula is C30H27N5O. The van der Waals surface area contributed by atoms with Crippen LogP contribution in [0.15, 0.2) is 85.1 Å². The average Bonchev–Trinajstić information content (AvgIpc) is 3.49. The number of nitriles is 1. The van der Waals surface area contributed by atoms with Gasteiger partial charge in [-0.3, -0.25) is 0 Å². The SMILES string of the molecule is CCCCOc1cccc(-c2nn(-c3ccccc3)cc2C=C(C#N)c2nc3ccccc3n2C)c1. The molecule has 0 amide bonds. The molecular weight excluding hydrogens is 446 g/mol. The van der Waals surface area contributed by atoms with Crippen molar-refractivity contribution in [1.29, 1.82) is 5.26 Å². The fraction of sp³-hybridized carbons (Fsp3) is 0.167. The van der Waals surface area contributed by atoms with E-state index >= 15 is 0 Å². The molecule has 0 aliphatic heterocycles. The van der Waals surface area contributed by atoms with Crippen molar-refractivity contribution in [2.24, 2.45) is 7.05 Å². The summed E-state index contributed by atoms with van der Waals surface area (Å²) in [6, 6.07) is 28.1. The fourth-order valence-corrected chi connectivity index (χ4v) is 4.19. The van der Waals surface area contributed by atoms with E-state index in [0.717, 1.165) is 52.1 Å². The summed E-state index contributed by atoms with van der Waals surface area (Å²) in [5, 5.41) is 15.0. The van der Waals surface area contributed by atoms with E-state index in [1.165, 1.54) is 0 Å². The highest BCUT2D eigenvalue weighted by atomic mass is 16.5. The van der Waals surface area contributed by atoms with E-state index in [1.54, 1.807) is 0 Å². The van der Waals surface area contributed by atoms with Crippen LogP contribution in [0, 0.1) is 11.3 Å². The zero-order chi connectivity index (χ0) is 24.9. The molecule has 0 fully saturated rings. The lowest BCUT2D eigenvalue weighted by molar-refractivity contribution is 0.309. The Kier molecular flexibility index (Phi) is 6.63. The molecule has 0 radical (unpaired) electrons. The molecule has 0 unspecified atom stereocenters. The standard InChI is InChI=1S/C30H27N5O/c1-3-4-17-36-26-14-10-11-22(19-26)29-24(21-35(33-29)25-12-6-5-7-13-25)18-23(20-31)30-32-27-15-8-9-16-28(27)34(30)2/h5-16,18-19,21H,3-4,17H2,1-2H3. The van der Waals surface area contributed by atoms with Crippen molar-refractivity contribution < 1.29 is 4.74 Å². The van der Waals surface area contributed by atoms with Crippen LogP contribution in [0.5, 0.6) is 5.75 Å². The lowest BCUT2D eigenvalue weighted by Crippen LogP contribution is -1.97. The molecule has 0 saturated carbocycles. The normalized spacial score (nSPS) is 11.5. The number of hydrogen-bond donors (Lipinski definition) is 0. The van der Waals surface area contributed by atoms with E-state index in [1.807, 2.05) is 107 Å². The third-order valence-electron chi connectivity index (χ3n) is 6.09. The Balaban J connectivity index is 1.62. The summed E-state index contributed by atoms with van der Waals surface area (Å²) < 4.78 is 9.74. The summed E-state index contributed by atoms with van der Waals surface area (Å²) in [5.74, 6) is 1.43. The summed E-state index contributed by atoms with van der Waals surface area (Å²) in [5.41, 5.74) is 5.76. The van der Waals surface area contributed by atoms with Crippen molar-refractivity contribution in [3.63, 3.8) is 0 Å². The van der Waals surface area contributed by atoms with Crippen LogP contribution in [0.2, 0.25) is 0 Å². The Morgan fingerprint density at radius 3 is 2.61 bits per heavy atom. The Bertz CT molecular complexity index is 1570. The summed E-state index contributed by atoms with van der Waals surface area (Å²) in [7, 11) is 1.93. The van der Waals surface area contributed by atoms with E-state index in [4.69, 9.17) is 14.8 Å². The number of rotatable bonds is 8. The van der Waals surface area contributed by atoms with Crippen molar-refractivity contribution >= 4 is 22.7 Å². The maximum absolute atomic E-state index is 10.1. The Hall–Kier alpha value is -4.63. The smallest absolute Gasteiger partial charge is 0.151 e. The zero-order valence-corrected chi connectivity index (χ0v) is 20.4. The van der Waals surface area contributed by atoms with E-state index in [9.17, 15) is 5.26 Å². The van der Waals surface area contributed by atoms with Gasteiger partial charge in [-0.05, 0) is 48.9 Å². The average molecular weight is 474 g/mol. The number of allylic oxidation sites excluding steroid dienone is 1. The summed E-state index contributed by atoms with van der Waals surface area (Å²) in [6.45, 7) is 2.82. The van der Waals surface area contributed by atoms with Gasteiger partial charge in [0.05, 0.1) is 28.9 Å². The number of fused-ring (bicyclic) bond motifs is 1. The lowest BCUT2D eigenvalue weighted by Gasteiger charge is -2.07. The molecule has 5 aromatic rings. The monoisotopic (exact) mass is 473 g/mol. The van der Waals surface area contributed by atoms with Crippen LogP contribution in [-0.2, 0) is 7.05 Å². The third-order valence-corrected chi connectivity index (χ3v) is 6.09. The number of unbranched alkanes of at least 4 members (excludes halogenated alkanes) is 1. The number of para-hydroxylation sites is 3. The number of imidazole rings is 1. The van der Waals surface area contributed by atoms with Crippen LogP contribution in [0.4, 0.5) is 0 Å². The molecule has 0 N–H and O–H groups in total. The van der Waals surface area contributed by atoms with E-state index in [2.05, 4.69) is 13.0 Å². The van der Waals surface area contributed by atoms with Gasteiger partial charge in [0.1, 0.15) is 17.5 Å². The predicted molar refractivity (Wildman–Crippen MR) is 144 cm³/mol. The van der Waals surface area contributed by atoms with E-state index in [-0.39, 0.29) is 0 Å². The van der Waals surface area contributed by atoms with Crippen molar-refractivity contribution in [3.05, 3.63) is 96.4 Å². The van der Waals surface area contributed by atoms with Gasteiger partial charge in [-0.15, -0.1) is 0 Å². The second kappa shape index (κ2) is 10.3. The van der Waals surface area contributed by atoms with Gasteiger partial charge in [0.25, 0.3) is 0 Å². The molecule has 0 atom stereocenters. The zero-order valence-electron chi connectivity index (χ0n) is 20.4. The molecule has 0 spiro atoms. The van der Waals surface area contributed by atoms with Crippen LogP contribution < -0.4 is 4.74 Å². The van der Waals surface area contributed by atoms with Gasteiger partial charge >= 0.3 is 0 Å². The molecule has 0 aliphatic rings. The van der Waals surface area contributed by atoms with Gasteiger partial charge in [-0.25, -0.2) is 9.67 Å². The minimum absolute atomic E-state index is 0.470. The molecule has 2 heterocycles. The molecule has 6 nitrogen and oxygen atoms in total. The number of aromatic nitrogens is 4. The maximum atomic E-state index is 10.1. The Labute approximate surface area is 210 Å². The van der Waals surface area contributed by atoms with Gasteiger partial charge in [0.2, 0.25) is 0 Å². The molecule has 6 heteroatoms. The van der Waals surface area contributed by atoms with Crippen LogP contribution in [-0.4, -0.2) is 25.9 Å². The topological polar surface area (TPSA) is 68.7 Å². The van der Waals surface area contributed by atoms with Crippen molar-refractivity contribution in [3.8, 4) is 28.8 Å². The maximum Gasteiger partial charge on any atom is 0.151 e. The number of hydrogen-bond acceptors (Lipinski definition) is 4. The van der Waals surface area contributed by atoms with Crippen LogP contribution in [0.1, 0.15) is 31.2 Å². The van der Waals surface area contributed by atoms with Crippen LogP contribution in [0.25, 0.3) is 39.6 Å². The quantitative estimate of drug-likeness (QED) is 0.186. The van der Waals surface area contributed by atoms with Crippen molar-refractivity contribution in [1.82, 2.24) is 19.3 Å². The molecule has 0 bridgehead atoms. The van der Waals surface area contributed by atoms with Crippen molar-refractivity contribution in [2.75, 3.05) is 6.61 Å². The Morgan fingerprint density at radius 1 is 1.03 bits per heavy atom. The fourth-order valence-electron chi connectivity index (χ4n) is 4.19. The van der Waals surface area contributed by atoms with Gasteiger partial charge in [0.15, 0.2) is 5.82 Å². The largest absolute Gasteiger partial charge is 0.494 e. The van der Waals surface area contributed by atoms with E-state index in [0.29, 0.717) is 18.0 Å². The highest BCUT2D eigenvalue weighted by Crippen LogP contribution is 2.30. The first kappa shape index (κ1) is 23.1. The predicted octanol–water partition coefficient (Wildman–Crippen LogP) is 6.67. The molecule has 0 saturated heterocycles. The molecule has 3 aromatic carbocycles. The first-order chi connectivity index (χ1) is 17.7. The second-order valence-electron chi connectivity index (χ2n) is 8.60. The highest BCUT2D eigenvalue weighted by molar-refractivity contribution is 5.93. The minimum atomic E-state index is 0.470. The van der Waals surface area contributed by atoms with Crippen LogP contribution >= 0.6 is 0 Å². The molecule has 178 valence electrons. The Morgan fingerprint density at radius 2 is 1.83 bits per heavy atom. The molecule has 5 rings (SSSR count). The molecule has 0 aliphatic carbocycles. The number of ether oxygens (including phenoxy) is 1. The number of nitrogens with zero attached hydrogens (tertiary/aromatic N) is 5. The van der Waals surface area contributed by atoms with Gasteiger partial charge in [-0.2, -0.15) is 10.4 Å². The van der Waals surface area contributed by atoms with Gasteiger partial charge in [-0.1, -0.05) is 55.8 Å². The first-order valence-electron chi connectivity index (χ1n) is 12.1. The third kappa shape index (κ3) is 4.64. The number of benzene rings is 3. The first-order valence-corrected chi connectivity index (χ1v) is 12.1. The van der Waals surface area contributed by atoms with Gasteiger partial charge in [0, 0.05) is 24.4 Å². The molecule has 2 aromatic heterocycles. The van der Waals surface area contributed by atoms with E-state index < -0.39 is 0 Å². The summed E-state index contributed by atoms with van der Waals surface area (Å²) in [4.78, 5) is 4.73. The summed E-state index contributed by atoms with van der Waals surface area (Å²) >= 11 is 0.